The molecule has 2 unspecified atom stereocenters. The minimum atomic E-state index is -3.49. The predicted octanol–water partition coefficient (Wildman–Crippen LogP) is 4.00. The number of aryl methyl sites for hydroxylation is 2. The van der Waals surface area contributed by atoms with Crippen LogP contribution < -0.4 is 10.3 Å². The number of aromatic nitrogens is 1. The van der Waals surface area contributed by atoms with Gasteiger partial charge in [-0.05, 0) is 60.6 Å². The number of rotatable bonds is 6. The third-order valence-electron chi connectivity index (χ3n) is 6.10. The summed E-state index contributed by atoms with van der Waals surface area (Å²) >= 11 is 0. The van der Waals surface area contributed by atoms with E-state index in [1.54, 1.807) is 16.7 Å². The second-order valence-electron chi connectivity index (χ2n) is 8.54. The van der Waals surface area contributed by atoms with Crippen LogP contribution in [0.1, 0.15) is 36.2 Å². The van der Waals surface area contributed by atoms with E-state index in [2.05, 4.69) is 4.72 Å². The van der Waals surface area contributed by atoms with E-state index in [0.717, 1.165) is 23.6 Å². The summed E-state index contributed by atoms with van der Waals surface area (Å²) in [4.78, 5) is 13.2. The molecule has 1 N–H and O–H groups in total. The van der Waals surface area contributed by atoms with E-state index < -0.39 is 33.7 Å². The van der Waals surface area contributed by atoms with E-state index in [9.17, 15) is 22.0 Å². The highest BCUT2D eigenvalue weighted by molar-refractivity contribution is 7.88. The van der Waals surface area contributed by atoms with Crippen molar-refractivity contribution in [3.05, 3.63) is 93.4 Å². The van der Waals surface area contributed by atoms with E-state index in [1.165, 1.54) is 12.1 Å². The molecule has 1 aliphatic heterocycles. The summed E-state index contributed by atoms with van der Waals surface area (Å²) in [6.07, 6.45) is 3.24. The minimum Gasteiger partial charge on any atom is -0.307 e. The zero-order valence-electron chi connectivity index (χ0n) is 18.5. The van der Waals surface area contributed by atoms with Gasteiger partial charge in [-0.25, -0.2) is 21.9 Å². The number of sulfonamides is 1. The van der Waals surface area contributed by atoms with Crippen LogP contribution >= 0.6 is 0 Å². The highest BCUT2D eigenvalue weighted by Crippen LogP contribution is 2.30. The molecule has 0 saturated heterocycles. The molecule has 1 aromatic heterocycles. The number of pyridine rings is 1. The first kappa shape index (κ1) is 23.3. The second-order valence-corrected chi connectivity index (χ2v) is 10.3. The normalized spacial score (nSPS) is 18.2. The van der Waals surface area contributed by atoms with Gasteiger partial charge in [0, 0.05) is 23.4 Å². The maximum absolute atomic E-state index is 13.7. The van der Waals surface area contributed by atoms with Crippen LogP contribution in [0.25, 0.3) is 11.1 Å². The quantitative estimate of drug-likeness (QED) is 0.590. The van der Waals surface area contributed by atoms with Gasteiger partial charge in [0.1, 0.15) is 11.6 Å². The largest absolute Gasteiger partial charge is 0.307 e. The summed E-state index contributed by atoms with van der Waals surface area (Å²) in [6.45, 7) is 1.91. The van der Waals surface area contributed by atoms with Crippen molar-refractivity contribution in [1.82, 2.24) is 9.29 Å². The number of halogens is 2. The van der Waals surface area contributed by atoms with E-state index in [4.69, 9.17) is 0 Å². The van der Waals surface area contributed by atoms with Gasteiger partial charge in [0.25, 0.3) is 5.56 Å². The molecule has 1 aliphatic rings. The number of hydrogen-bond donors (Lipinski definition) is 1. The Balaban J connectivity index is 1.77. The smallest absolute Gasteiger partial charge is 0.254 e. The molecule has 0 bridgehead atoms. The Morgan fingerprint density at radius 3 is 2.42 bits per heavy atom. The fourth-order valence-electron chi connectivity index (χ4n) is 4.63. The van der Waals surface area contributed by atoms with Crippen molar-refractivity contribution >= 4 is 10.0 Å². The van der Waals surface area contributed by atoms with Crippen LogP contribution in [-0.2, 0) is 29.3 Å². The highest BCUT2D eigenvalue weighted by Gasteiger charge is 2.32. The molecule has 0 aliphatic carbocycles. The SMILES string of the molecule is CCc1ccc2n(c1=O)C(Cc1cccc(-c3cc(F)cc(F)c3)c1)C(NS(C)(=O)=O)CC2. The second kappa shape index (κ2) is 9.19. The molecule has 33 heavy (non-hydrogen) atoms. The summed E-state index contributed by atoms with van der Waals surface area (Å²) in [6, 6.07) is 13.5. The first-order valence-electron chi connectivity index (χ1n) is 10.9. The summed E-state index contributed by atoms with van der Waals surface area (Å²) in [5.74, 6) is -1.32. The average Bonchev–Trinajstić information content (AvgIpc) is 2.74. The molecule has 2 aromatic carbocycles. The number of benzene rings is 2. The average molecular weight is 473 g/mol. The third-order valence-corrected chi connectivity index (χ3v) is 6.83. The summed E-state index contributed by atoms with van der Waals surface area (Å²) in [5, 5.41) is 0. The van der Waals surface area contributed by atoms with Crippen LogP contribution in [0.5, 0.6) is 0 Å². The van der Waals surface area contributed by atoms with Crippen LogP contribution in [0.2, 0.25) is 0 Å². The van der Waals surface area contributed by atoms with Crippen LogP contribution in [0.4, 0.5) is 8.78 Å². The fourth-order valence-corrected chi connectivity index (χ4v) is 5.46. The molecule has 0 spiro atoms. The van der Waals surface area contributed by atoms with Crippen molar-refractivity contribution in [2.75, 3.05) is 6.26 Å². The first-order valence-corrected chi connectivity index (χ1v) is 12.8. The van der Waals surface area contributed by atoms with Crippen LogP contribution in [0.15, 0.2) is 59.4 Å². The molecule has 5 nitrogen and oxygen atoms in total. The number of fused-ring (bicyclic) bond motifs is 1. The van der Waals surface area contributed by atoms with Crippen molar-refractivity contribution in [2.24, 2.45) is 0 Å². The van der Waals surface area contributed by atoms with Crippen LogP contribution in [0, 0.1) is 11.6 Å². The number of hydrogen-bond acceptors (Lipinski definition) is 3. The molecule has 2 heterocycles. The van der Waals surface area contributed by atoms with Gasteiger partial charge in [0.05, 0.1) is 12.3 Å². The maximum Gasteiger partial charge on any atom is 0.254 e. The first-order chi connectivity index (χ1) is 15.6. The zero-order chi connectivity index (χ0) is 23.8. The summed E-state index contributed by atoms with van der Waals surface area (Å²) in [7, 11) is -3.49. The van der Waals surface area contributed by atoms with E-state index >= 15 is 0 Å². The van der Waals surface area contributed by atoms with Crippen molar-refractivity contribution < 1.29 is 17.2 Å². The Hall–Kier alpha value is -2.84. The Bertz CT molecular complexity index is 1330. The minimum absolute atomic E-state index is 0.108. The Labute approximate surface area is 192 Å². The lowest BCUT2D eigenvalue weighted by molar-refractivity contribution is 0.314. The monoisotopic (exact) mass is 472 g/mol. The van der Waals surface area contributed by atoms with Crippen molar-refractivity contribution in [2.45, 2.75) is 44.7 Å². The Kier molecular flexibility index (Phi) is 6.50. The molecule has 0 amide bonds. The van der Waals surface area contributed by atoms with Gasteiger partial charge >= 0.3 is 0 Å². The summed E-state index contributed by atoms with van der Waals surface area (Å²) < 4.78 is 56.0. The van der Waals surface area contributed by atoms with E-state index in [-0.39, 0.29) is 5.56 Å². The molecular formula is C25H26F2N2O3S. The zero-order valence-corrected chi connectivity index (χ0v) is 19.3. The van der Waals surface area contributed by atoms with Gasteiger partial charge in [-0.15, -0.1) is 0 Å². The topological polar surface area (TPSA) is 68.2 Å². The highest BCUT2D eigenvalue weighted by atomic mass is 32.2. The third kappa shape index (κ3) is 5.23. The van der Waals surface area contributed by atoms with Crippen molar-refractivity contribution in [3.8, 4) is 11.1 Å². The van der Waals surface area contributed by atoms with Gasteiger partial charge in [-0.2, -0.15) is 0 Å². The lowest BCUT2D eigenvalue weighted by Gasteiger charge is -2.36. The molecule has 174 valence electrons. The van der Waals surface area contributed by atoms with Gasteiger partial charge in [-0.3, -0.25) is 4.79 Å². The lowest BCUT2D eigenvalue weighted by Crippen LogP contribution is -2.48. The summed E-state index contributed by atoms with van der Waals surface area (Å²) in [5.41, 5.74) is 3.33. The molecule has 3 aromatic rings. The maximum atomic E-state index is 13.7. The van der Waals surface area contributed by atoms with Gasteiger partial charge in [0.15, 0.2) is 0 Å². The molecular weight excluding hydrogens is 446 g/mol. The van der Waals surface area contributed by atoms with Gasteiger partial charge in [-0.1, -0.05) is 37.3 Å². The Morgan fingerprint density at radius 1 is 1.03 bits per heavy atom. The van der Waals surface area contributed by atoms with Crippen LogP contribution in [-0.4, -0.2) is 25.3 Å². The molecule has 0 saturated carbocycles. The van der Waals surface area contributed by atoms with Gasteiger partial charge in [0.2, 0.25) is 10.0 Å². The number of nitrogens with one attached hydrogen (secondary N) is 1. The fraction of sp³-hybridized carbons (Fsp3) is 0.320. The van der Waals surface area contributed by atoms with E-state index in [0.29, 0.717) is 42.4 Å². The standard InChI is InChI=1S/C25H26F2N2O3S/c1-3-17-7-8-22-9-10-23(28-33(2,31)32)24(29(22)25(17)30)12-16-5-4-6-18(11-16)19-13-20(26)15-21(27)14-19/h4-8,11,13-15,23-24,28H,3,9-10,12H2,1-2H3. The van der Waals surface area contributed by atoms with Crippen molar-refractivity contribution in [1.29, 1.82) is 0 Å². The Morgan fingerprint density at radius 2 is 1.76 bits per heavy atom. The lowest BCUT2D eigenvalue weighted by atomic mass is 9.90. The number of nitrogens with zero attached hydrogens (tertiary/aromatic N) is 1. The molecule has 0 radical (unpaired) electrons. The van der Waals surface area contributed by atoms with Gasteiger partial charge < -0.3 is 4.57 Å². The van der Waals surface area contributed by atoms with Crippen molar-refractivity contribution in [3.63, 3.8) is 0 Å². The molecule has 8 heteroatoms. The predicted molar refractivity (Wildman–Crippen MR) is 125 cm³/mol. The molecule has 4 rings (SSSR count). The molecule has 2 atom stereocenters. The van der Waals surface area contributed by atoms with Crippen LogP contribution in [0.3, 0.4) is 0 Å². The van der Waals surface area contributed by atoms with E-state index in [1.807, 2.05) is 31.2 Å². The molecule has 0 fully saturated rings.